The molecule has 0 aromatic heterocycles. The van der Waals surface area contributed by atoms with Crippen LogP contribution in [0.4, 0.5) is 5.69 Å². The molecule has 0 bridgehead atoms. The molecule has 1 aromatic rings. The van der Waals surface area contributed by atoms with Crippen LogP contribution in [0.2, 0.25) is 0 Å². The molecule has 2 heterocycles. The van der Waals surface area contributed by atoms with Crippen LogP contribution in [0.15, 0.2) is 24.3 Å². The van der Waals surface area contributed by atoms with Gasteiger partial charge in [-0.05, 0) is 38.3 Å². The molecule has 6 heteroatoms. The third kappa shape index (κ3) is 3.29. The maximum absolute atomic E-state index is 13.2. The van der Waals surface area contributed by atoms with Gasteiger partial charge in [0, 0.05) is 12.5 Å². The number of nitrogens with zero attached hydrogens (tertiary/aromatic N) is 2. The van der Waals surface area contributed by atoms with Gasteiger partial charge in [0.15, 0.2) is 0 Å². The minimum atomic E-state index is -0.777. The van der Waals surface area contributed by atoms with E-state index in [1.165, 1.54) is 19.3 Å². The Hall–Kier alpha value is -2.37. The molecule has 1 aromatic carbocycles. The van der Waals surface area contributed by atoms with Crippen molar-refractivity contribution in [3.63, 3.8) is 0 Å². The fourth-order valence-electron chi connectivity index (χ4n) is 4.96. The minimum Gasteiger partial charge on any atom is -0.352 e. The Morgan fingerprint density at radius 2 is 1.79 bits per heavy atom. The third-order valence-electron chi connectivity index (χ3n) is 6.52. The van der Waals surface area contributed by atoms with Crippen molar-refractivity contribution in [2.45, 2.75) is 76.4 Å². The first kappa shape index (κ1) is 19.0. The number of nitrogens with one attached hydrogen (secondary N) is 1. The molecule has 3 amide bonds. The second-order valence-electron chi connectivity index (χ2n) is 8.46. The molecule has 3 aliphatic rings. The van der Waals surface area contributed by atoms with Gasteiger partial charge in [0.25, 0.3) is 5.91 Å². The average Bonchev–Trinajstić information content (AvgIpc) is 2.97. The highest BCUT2D eigenvalue weighted by atomic mass is 16.2. The maximum Gasteiger partial charge on any atom is 0.258 e. The van der Waals surface area contributed by atoms with E-state index in [0.717, 1.165) is 25.7 Å². The van der Waals surface area contributed by atoms with Crippen LogP contribution in [-0.2, 0) is 9.59 Å². The number of anilines is 1. The summed E-state index contributed by atoms with van der Waals surface area (Å²) < 4.78 is 0. The highest BCUT2D eigenvalue weighted by Gasteiger charge is 2.53. The molecule has 150 valence electrons. The Labute approximate surface area is 166 Å². The number of amides is 3. The predicted octanol–water partition coefficient (Wildman–Crippen LogP) is 3.21. The van der Waals surface area contributed by atoms with Crippen LogP contribution in [0.5, 0.6) is 0 Å². The van der Waals surface area contributed by atoms with Crippen LogP contribution in [-0.4, -0.2) is 40.9 Å². The van der Waals surface area contributed by atoms with Gasteiger partial charge < -0.3 is 10.2 Å². The molecular weight excluding hydrogens is 354 g/mol. The van der Waals surface area contributed by atoms with Gasteiger partial charge in [-0.15, -0.1) is 0 Å². The fourth-order valence-corrected chi connectivity index (χ4v) is 4.96. The lowest BCUT2D eigenvalue weighted by Crippen LogP contribution is -2.64. The zero-order chi connectivity index (χ0) is 19.7. The molecule has 1 N–H and O–H groups in total. The van der Waals surface area contributed by atoms with Crippen LogP contribution >= 0.6 is 0 Å². The summed E-state index contributed by atoms with van der Waals surface area (Å²) in [6, 6.07) is 7.39. The minimum absolute atomic E-state index is 0.00729. The predicted molar refractivity (Wildman–Crippen MR) is 107 cm³/mol. The molecule has 1 atom stereocenters. The SMILES string of the molecule is CC12CCC(=O)N1c1ccccc1C(=O)N2CC(=O)NC1CCCCCCC1. The number of rotatable bonds is 3. The van der Waals surface area contributed by atoms with Crippen LogP contribution in [0.3, 0.4) is 0 Å². The van der Waals surface area contributed by atoms with Crippen molar-refractivity contribution >= 4 is 23.4 Å². The number of para-hydroxylation sites is 1. The average molecular weight is 383 g/mol. The third-order valence-corrected chi connectivity index (χ3v) is 6.52. The van der Waals surface area contributed by atoms with Gasteiger partial charge in [0.05, 0.1) is 11.3 Å². The van der Waals surface area contributed by atoms with E-state index in [0.29, 0.717) is 24.1 Å². The zero-order valence-electron chi connectivity index (χ0n) is 16.6. The normalized spacial score (nSPS) is 25.8. The van der Waals surface area contributed by atoms with Crippen molar-refractivity contribution in [3.8, 4) is 0 Å². The van der Waals surface area contributed by atoms with Crippen molar-refractivity contribution in [2.24, 2.45) is 0 Å². The Morgan fingerprint density at radius 1 is 1.11 bits per heavy atom. The summed E-state index contributed by atoms with van der Waals surface area (Å²) in [4.78, 5) is 41.9. The summed E-state index contributed by atoms with van der Waals surface area (Å²) >= 11 is 0. The molecule has 1 aliphatic carbocycles. The molecule has 6 nitrogen and oxygen atoms in total. The van der Waals surface area contributed by atoms with Gasteiger partial charge in [-0.1, -0.05) is 44.2 Å². The van der Waals surface area contributed by atoms with Crippen molar-refractivity contribution in [1.29, 1.82) is 0 Å². The molecule has 4 rings (SSSR count). The van der Waals surface area contributed by atoms with Crippen LogP contribution < -0.4 is 10.2 Å². The standard InChI is InChI=1S/C22H29N3O3/c1-22-14-13-20(27)25(22)18-12-8-7-11-17(18)21(28)24(22)15-19(26)23-16-9-5-3-2-4-6-10-16/h7-8,11-12,16H,2-6,9-10,13-15H2,1H3,(H,23,26). The van der Waals surface area contributed by atoms with Crippen LogP contribution in [0, 0.1) is 0 Å². The number of hydrogen-bond acceptors (Lipinski definition) is 3. The topological polar surface area (TPSA) is 69.7 Å². The summed E-state index contributed by atoms with van der Waals surface area (Å²) in [5.74, 6) is -0.288. The molecule has 2 fully saturated rings. The summed E-state index contributed by atoms with van der Waals surface area (Å²) in [5.41, 5.74) is 0.379. The molecule has 1 saturated carbocycles. The fraction of sp³-hybridized carbons (Fsp3) is 0.591. The van der Waals surface area contributed by atoms with Gasteiger partial charge in [-0.2, -0.15) is 0 Å². The van der Waals surface area contributed by atoms with E-state index in [1.54, 1.807) is 21.9 Å². The van der Waals surface area contributed by atoms with Gasteiger partial charge in [-0.3, -0.25) is 19.3 Å². The Morgan fingerprint density at radius 3 is 2.54 bits per heavy atom. The quantitative estimate of drug-likeness (QED) is 0.871. The van der Waals surface area contributed by atoms with Crippen molar-refractivity contribution in [1.82, 2.24) is 10.2 Å². The van der Waals surface area contributed by atoms with E-state index in [-0.39, 0.29) is 30.3 Å². The first-order valence-corrected chi connectivity index (χ1v) is 10.5. The first-order chi connectivity index (χ1) is 13.5. The largest absolute Gasteiger partial charge is 0.352 e. The smallest absolute Gasteiger partial charge is 0.258 e. The summed E-state index contributed by atoms with van der Waals surface area (Å²) in [6.45, 7) is 1.89. The first-order valence-electron chi connectivity index (χ1n) is 10.5. The van der Waals surface area contributed by atoms with E-state index in [1.807, 2.05) is 19.1 Å². The number of carbonyl (C=O) groups is 3. The number of carbonyl (C=O) groups excluding carboxylic acids is 3. The number of benzene rings is 1. The van der Waals surface area contributed by atoms with E-state index >= 15 is 0 Å². The molecule has 2 aliphatic heterocycles. The van der Waals surface area contributed by atoms with E-state index in [4.69, 9.17) is 0 Å². The number of fused-ring (bicyclic) bond motifs is 3. The molecular formula is C22H29N3O3. The lowest BCUT2D eigenvalue weighted by Gasteiger charge is -2.48. The van der Waals surface area contributed by atoms with E-state index in [9.17, 15) is 14.4 Å². The van der Waals surface area contributed by atoms with Gasteiger partial charge >= 0.3 is 0 Å². The van der Waals surface area contributed by atoms with Crippen molar-refractivity contribution in [3.05, 3.63) is 29.8 Å². The maximum atomic E-state index is 13.2. The molecule has 1 unspecified atom stereocenters. The van der Waals surface area contributed by atoms with E-state index in [2.05, 4.69) is 5.32 Å². The van der Waals surface area contributed by atoms with Crippen molar-refractivity contribution in [2.75, 3.05) is 11.4 Å². The Balaban J connectivity index is 1.54. The highest BCUT2D eigenvalue weighted by molar-refractivity contribution is 6.11. The van der Waals surface area contributed by atoms with Gasteiger partial charge in [0.1, 0.15) is 12.2 Å². The van der Waals surface area contributed by atoms with Gasteiger partial charge in [0.2, 0.25) is 11.8 Å². The molecule has 1 saturated heterocycles. The van der Waals surface area contributed by atoms with Crippen LogP contribution in [0.1, 0.15) is 75.1 Å². The zero-order valence-corrected chi connectivity index (χ0v) is 16.6. The monoisotopic (exact) mass is 383 g/mol. The molecule has 28 heavy (non-hydrogen) atoms. The Kier molecular flexibility index (Phi) is 5.13. The second-order valence-corrected chi connectivity index (χ2v) is 8.46. The van der Waals surface area contributed by atoms with Gasteiger partial charge in [-0.25, -0.2) is 0 Å². The summed E-state index contributed by atoms with van der Waals surface area (Å²) in [6.07, 6.45) is 8.95. The number of hydrogen-bond donors (Lipinski definition) is 1. The summed E-state index contributed by atoms with van der Waals surface area (Å²) in [7, 11) is 0. The molecule has 0 spiro atoms. The summed E-state index contributed by atoms with van der Waals surface area (Å²) in [5, 5.41) is 3.15. The van der Waals surface area contributed by atoms with Crippen molar-refractivity contribution < 1.29 is 14.4 Å². The van der Waals surface area contributed by atoms with E-state index < -0.39 is 5.66 Å². The lowest BCUT2D eigenvalue weighted by atomic mass is 9.96. The second kappa shape index (κ2) is 7.57. The Bertz CT molecular complexity index is 785. The van der Waals surface area contributed by atoms with Crippen LogP contribution in [0.25, 0.3) is 0 Å². The highest BCUT2D eigenvalue weighted by Crippen LogP contribution is 2.43. The lowest BCUT2D eigenvalue weighted by molar-refractivity contribution is -0.124. The molecule has 0 radical (unpaired) electrons.